The van der Waals surface area contributed by atoms with Crippen molar-refractivity contribution in [2.75, 3.05) is 12.4 Å². The number of rotatable bonds is 8. The highest BCUT2D eigenvalue weighted by Crippen LogP contribution is 2.31. The van der Waals surface area contributed by atoms with Crippen molar-refractivity contribution in [1.82, 2.24) is 14.8 Å². The molecule has 8 heteroatoms. The lowest BCUT2D eigenvalue weighted by Gasteiger charge is -2.13. The molecule has 4 aromatic rings. The highest BCUT2D eigenvalue weighted by atomic mass is 35.5. The van der Waals surface area contributed by atoms with Crippen molar-refractivity contribution in [3.63, 3.8) is 0 Å². The monoisotopic (exact) mass is 476 g/mol. The van der Waals surface area contributed by atoms with E-state index in [0.29, 0.717) is 41.6 Å². The summed E-state index contributed by atoms with van der Waals surface area (Å²) in [6.45, 7) is 4.59. The molecule has 0 saturated carbocycles. The van der Waals surface area contributed by atoms with Gasteiger partial charge < -0.3 is 14.8 Å². The summed E-state index contributed by atoms with van der Waals surface area (Å²) in [6, 6.07) is 17.1. The second-order valence-corrected chi connectivity index (χ2v) is 8.22. The fraction of sp³-hybridized carbons (Fsp3) is 0.192. The van der Waals surface area contributed by atoms with Crippen LogP contribution in [-0.2, 0) is 13.2 Å². The van der Waals surface area contributed by atoms with Gasteiger partial charge >= 0.3 is 0 Å². The summed E-state index contributed by atoms with van der Waals surface area (Å²) in [5.74, 6) is 0.713. The maximum atomic E-state index is 13.1. The van der Waals surface area contributed by atoms with Gasteiger partial charge in [0.15, 0.2) is 11.5 Å². The Labute approximate surface area is 203 Å². The number of aromatic nitrogens is 3. The first-order chi connectivity index (χ1) is 16.4. The van der Waals surface area contributed by atoms with E-state index in [1.807, 2.05) is 43.3 Å². The van der Waals surface area contributed by atoms with E-state index < -0.39 is 0 Å². The molecule has 0 aliphatic carbocycles. The van der Waals surface area contributed by atoms with E-state index in [1.54, 1.807) is 49.3 Å². The van der Waals surface area contributed by atoms with Crippen molar-refractivity contribution in [2.24, 2.45) is 0 Å². The number of methoxy groups -OCH3 is 1. The van der Waals surface area contributed by atoms with Crippen molar-refractivity contribution < 1.29 is 14.3 Å². The topological polar surface area (TPSA) is 78.3 Å². The quantitative estimate of drug-likeness (QED) is 0.366. The van der Waals surface area contributed by atoms with Gasteiger partial charge in [-0.15, -0.1) is 0 Å². The fourth-order valence-corrected chi connectivity index (χ4v) is 3.81. The maximum Gasteiger partial charge on any atom is 0.260 e. The highest BCUT2D eigenvalue weighted by molar-refractivity contribution is 6.33. The number of nitrogens with one attached hydrogen (secondary N) is 1. The van der Waals surface area contributed by atoms with Gasteiger partial charge in [0.05, 0.1) is 24.9 Å². The first kappa shape index (κ1) is 23.3. The minimum absolute atomic E-state index is 0.289. The van der Waals surface area contributed by atoms with Crippen LogP contribution in [0.5, 0.6) is 11.5 Å². The molecule has 0 bridgehead atoms. The molecule has 7 nitrogen and oxygen atoms in total. The lowest BCUT2D eigenvalue weighted by atomic mass is 10.1. The van der Waals surface area contributed by atoms with Crippen LogP contribution in [0.15, 0.2) is 67.0 Å². The zero-order valence-corrected chi connectivity index (χ0v) is 20.0. The Bertz CT molecular complexity index is 1290. The van der Waals surface area contributed by atoms with Crippen molar-refractivity contribution in [2.45, 2.75) is 27.0 Å². The number of anilines is 1. The molecular formula is C26H25ClN4O3. The number of amides is 1. The zero-order chi connectivity index (χ0) is 24.1. The fourth-order valence-electron chi connectivity index (χ4n) is 3.49. The number of hydrogen-bond donors (Lipinski definition) is 1. The molecule has 1 amide bonds. The van der Waals surface area contributed by atoms with E-state index in [2.05, 4.69) is 15.4 Å². The van der Waals surface area contributed by atoms with Crippen LogP contribution in [0.3, 0.4) is 0 Å². The van der Waals surface area contributed by atoms with Crippen LogP contribution >= 0.6 is 11.6 Å². The summed E-state index contributed by atoms with van der Waals surface area (Å²) in [4.78, 5) is 17.2. The number of benzene rings is 2. The molecular weight excluding hydrogens is 452 g/mol. The van der Waals surface area contributed by atoms with Gasteiger partial charge in [0.25, 0.3) is 5.91 Å². The zero-order valence-electron chi connectivity index (χ0n) is 19.2. The number of hydrogen-bond acceptors (Lipinski definition) is 5. The molecule has 0 fully saturated rings. The van der Waals surface area contributed by atoms with Gasteiger partial charge in [-0.25, -0.2) is 4.68 Å². The van der Waals surface area contributed by atoms with Crippen LogP contribution in [0.1, 0.15) is 32.7 Å². The second-order valence-electron chi connectivity index (χ2n) is 7.86. The average Bonchev–Trinajstić information content (AvgIpc) is 3.12. The van der Waals surface area contributed by atoms with Gasteiger partial charge in [0.2, 0.25) is 0 Å². The lowest BCUT2D eigenvalue weighted by Crippen LogP contribution is -2.13. The van der Waals surface area contributed by atoms with Crippen LogP contribution in [0, 0.1) is 13.8 Å². The van der Waals surface area contributed by atoms with Gasteiger partial charge in [0, 0.05) is 29.7 Å². The normalized spacial score (nSPS) is 10.7. The Balaban J connectivity index is 1.51. The molecule has 1 N–H and O–H groups in total. The molecule has 2 aromatic heterocycles. The molecule has 4 rings (SSSR count). The third-order valence-corrected chi connectivity index (χ3v) is 5.67. The minimum Gasteiger partial charge on any atom is -0.493 e. The smallest absolute Gasteiger partial charge is 0.260 e. The number of carbonyl (C=O) groups excluding carboxylic acids is 1. The third-order valence-electron chi connectivity index (χ3n) is 5.28. The molecule has 0 aliphatic rings. The molecule has 0 unspecified atom stereocenters. The standard InChI is InChI=1S/C26H25ClN4O3/c1-17-6-8-19(9-7-17)15-31-25(27)24(18(2)30-31)26(32)29-21-10-11-22(33-3)23(13-21)34-16-20-5-4-12-28-14-20/h4-14H,15-16H2,1-3H3,(H,29,32). The molecule has 0 aliphatic heterocycles. The third kappa shape index (κ3) is 5.38. The second kappa shape index (κ2) is 10.4. The van der Waals surface area contributed by atoms with Gasteiger partial charge in [-0.3, -0.25) is 9.78 Å². The van der Waals surface area contributed by atoms with Crippen molar-refractivity contribution in [1.29, 1.82) is 0 Å². The van der Waals surface area contributed by atoms with Crippen LogP contribution in [0.2, 0.25) is 5.15 Å². The summed E-state index contributed by atoms with van der Waals surface area (Å²) >= 11 is 6.56. The van der Waals surface area contributed by atoms with E-state index in [-0.39, 0.29) is 11.1 Å². The molecule has 0 radical (unpaired) electrons. The Kier molecular flexibility index (Phi) is 7.13. The molecule has 0 saturated heterocycles. The summed E-state index contributed by atoms with van der Waals surface area (Å²) in [6.07, 6.45) is 3.44. The van der Waals surface area contributed by atoms with Crippen LogP contribution in [0.4, 0.5) is 5.69 Å². The maximum absolute atomic E-state index is 13.1. The number of carbonyl (C=O) groups is 1. The largest absolute Gasteiger partial charge is 0.493 e. The first-order valence-corrected chi connectivity index (χ1v) is 11.1. The van der Waals surface area contributed by atoms with Gasteiger partial charge in [-0.05, 0) is 37.6 Å². The van der Waals surface area contributed by atoms with E-state index in [4.69, 9.17) is 21.1 Å². The summed E-state index contributed by atoms with van der Waals surface area (Å²) in [7, 11) is 1.57. The Hall–Kier alpha value is -3.84. The van der Waals surface area contributed by atoms with Crippen LogP contribution in [-0.4, -0.2) is 27.8 Å². The number of nitrogens with zero attached hydrogens (tertiary/aromatic N) is 3. The van der Waals surface area contributed by atoms with Crippen molar-refractivity contribution in [3.05, 3.63) is 100 Å². The number of halogens is 1. The van der Waals surface area contributed by atoms with Gasteiger partial charge in [-0.2, -0.15) is 5.10 Å². The molecule has 0 atom stereocenters. The van der Waals surface area contributed by atoms with Crippen molar-refractivity contribution in [3.8, 4) is 11.5 Å². The Morgan fingerprint density at radius 1 is 1.06 bits per heavy atom. The SMILES string of the molecule is COc1ccc(NC(=O)c2c(C)nn(Cc3ccc(C)cc3)c2Cl)cc1OCc1cccnc1. The van der Waals surface area contributed by atoms with E-state index in [9.17, 15) is 4.79 Å². The summed E-state index contributed by atoms with van der Waals surface area (Å²) in [5.41, 5.74) is 4.58. The highest BCUT2D eigenvalue weighted by Gasteiger charge is 2.21. The minimum atomic E-state index is -0.346. The predicted octanol–water partition coefficient (Wildman–Crippen LogP) is 5.44. The Morgan fingerprint density at radius 3 is 2.56 bits per heavy atom. The number of aryl methyl sites for hydroxylation is 2. The predicted molar refractivity (Wildman–Crippen MR) is 132 cm³/mol. The van der Waals surface area contributed by atoms with Gasteiger partial charge in [-0.1, -0.05) is 47.5 Å². The molecule has 174 valence electrons. The first-order valence-electron chi connectivity index (χ1n) is 10.7. The number of pyridine rings is 1. The van der Waals surface area contributed by atoms with Gasteiger partial charge in [0.1, 0.15) is 11.8 Å². The van der Waals surface area contributed by atoms with Crippen LogP contribution < -0.4 is 14.8 Å². The molecule has 34 heavy (non-hydrogen) atoms. The van der Waals surface area contributed by atoms with E-state index >= 15 is 0 Å². The van der Waals surface area contributed by atoms with Crippen LogP contribution in [0.25, 0.3) is 0 Å². The molecule has 0 spiro atoms. The van der Waals surface area contributed by atoms with E-state index in [1.165, 1.54) is 5.56 Å². The van der Waals surface area contributed by atoms with Crippen molar-refractivity contribution >= 4 is 23.2 Å². The summed E-state index contributed by atoms with van der Waals surface area (Å²) < 4.78 is 12.9. The Morgan fingerprint density at radius 2 is 1.85 bits per heavy atom. The molecule has 2 heterocycles. The average molecular weight is 477 g/mol. The van der Waals surface area contributed by atoms with E-state index in [0.717, 1.165) is 11.1 Å². The molecule has 2 aromatic carbocycles. The number of ether oxygens (including phenoxy) is 2. The lowest BCUT2D eigenvalue weighted by molar-refractivity contribution is 0.102. The summed E-state index contributed by atoms with van der Waals surface area (Å²) in [5, 5.41) is 7.65.